The fraction of sp³-hybridized carbons (Fsp3) is 0. The van der Waals surface area contributed by atoms with E-state index in [1.54, 1.807) is 0 Å². The van der Waals surface area contributed by atoms with E-state index in [1.807, 2.05) is 60.7 Å². The molecule has 0 amide bonds. The van der Waals surface area contributed by atoms with Gasteiger partial charge < -0.3 is 9.72 Å². The first-order valence-electron chi connectivity index (χ1n) is 7.57. The Hall–Kier alpha value is -3.40. The SMILES string of the molecule is C=CC(=O)Oc1cc2ccccc2cc1-c1nc2ccccc2[nH]1. The maximum absolute atomic E-state index is 11.7. The molecule has 0 aliphatic carbocycles. The molecule has 4 rings (SSSR count). The van der Waals surface area contributed by atoms with E-state index in [0.717, 1.165) is 33.4 Å². The largest absolute Gasteiger partial charge is 0.423 e. The van der Waals surface area contributed by atoms with Crippen LogP contribution in [0.1, 0.15) is 0 Å². The minimum atomic E-state index is -0.498. The Balaban J connectivity index is 1.95. The molecule has 0 bridgehead atoms. The molecule has 0 saturated heterocycles. The average molecular weight is 314 g/mol. The van der Waals surface area contributed by atoms with E-state index in [2.05, 4.69) is 16.5 Å². The second-order valence-corrected chi connectivity index (χ2v) is 5.42. The first kappa shape index (κ1) is 14.2. The molecule has 116 valence electrons. The van der Waals surface area contributed by atoms with Gasteiger partial charge in [0.1, 0.15) is 11.6 Å². The minimum absolute atomic E-state index is 0.456. The molecule has 0 unspecified atom stereocenters. The highest BCUT2D eigenvalue weighted by Gasteiger charge is 2.14. The molecule has 0 saturated carbocycles. The summed E-state index contributed by atoms with van der Waals surface area (Å²) in [5.41, 5.74) is 2.53. The van der Waals surface area contributed by atoms with Crippen LogP contribution in [0.4, 0.5) is 0 Å². The van der Waals surface area contributed by atoms with E-state index in [4.69, 9.17) is 4.74 Å². The monoisotopic (exact) mass is 314 g/mol. The highest BCUT2D eigenvalue weighted by molar-refractivity contribution is 5.93. The number of para-hydroxylation sites is 2. The molecule has 0 aliphatic heterocycles. The standard InChI is InChI=1S/C20H14N2O2/c1-2-19(23)24-18-12-14-8-4-3-7-13(14)11-15(18)20-21-16-9-5-6-10-17(16)22-20/h2-12H,1H2,(H,21,22). The van der Waals surface area contributed by atoms with Crippen molar-refractivity contribution in [2.24, 2.45) is 0 Å². The summed E-state index contributed by atoms with van der Waals surface area (Å²) < 4.78 is 5.44. The van der Waals surface area contributed by atoms with Gasteiger partial charge in [-0.2, -0.15) is 0 Å². The molecule has 3 aromatic carbocycles. The predicted octanol–water partition coefficient (Wildman–Crippen LogP) is 4.47. The fourth-order valence-corrected chi connectivity index (χ4v) is 2.72. The van der Waals surface area contributed by atoms with E-state index in [1.165, 1.54) is 0 Å². The molecule has 0 atom stereocenters. The van der Waals surface area contributed by atoms with E-state index in [-0.39, 0.29) is 0 Å². The van der Waals surface area contributed by atoms with Gasteiger partial charge in [0, 0.05) is 6.08 Å². The molecule has 4 aromatic rings. The smallest absolute Gasteiger partial charge is 0.335 e. The topological polar surface area (TPSA) is 55.0 Å². The number of nitrogens with one attached hydrogen (secondary N) is 1. The zero-order valence-electron chi connectivity index (χ0n) is 12.8. The molecule has 0 fully saturated rings. The van der Waals surface area contributed by atoms with Crippen molar-refractivity contribution in [3.63, 3.8) is 0 Å². The summed E-state index contributed by atoms with van der Waals surface area (Å²) in [5.74, 6) is 0.620. The van der Waals surface area contributed by atoms with Crippen molar-refractivity contribution < 1.29 is 9.53 Å². The van der Waals surface area contributed by atoms with E-state index >= 15 is 0 Å². The molecule has 1 heterocycles. The van der Waals surface area contributed by atoms with Crippen molar-refractivity contribution in [1.82, 2.24) is 9.97 Å². The number of esters is 1. The first-order chi connectivity index (χ1) is 11.7. The van der Waals surface area contributed by atoms with Gasteiger partial charge in [-0.15, -0.1) is 0 Å². The Bertz CT molecular complexity index is 1050. The number of aromatic amines is 1. The highest BCUT2D eigenvalue weighted by atomic mass is 16.5. The Morgan fingerprint density at radius 2 is 1.75 bits per heavy atom. The van der Waals surface area contributed by atoms with Crippen LogP contribution in [0.25, 0.3) is 33.2 Å². The third kappa shape index (κ3) is 2.44. The van der Waals surface area contributed by atoms with Crippen LogP contribution < -0.4 is 4.74 Å². The second kappa shape index (κ2) is 5.66. The van der Waals surface area contributed by atoms with Crippen molar-refractivity contribution in [2.45, 2.75) is 0 Å². The van der Waals surface area contributed by atoms with Crippen molar-refractivity contribution in [3.05, 3.63) is 73.3 Å². The number of benzene rings is 3. The van der Waals surface area contributed by atoms with Gasteiger partial charge >= 0.3 is 5.97 Å². The van der Waals surface area contributed by atoms with Gasteiger partial charge in [0.25, 0.3) is 0 Å². The number of H-pyrrole nitrogens is 1. The van der Waals surface area contributed by atoms with Gasteiger partial charge in [0.15, 0.2) is 0 Å². The number of hydrogen-bond acceptors (Lipinski definition) is 3. The first-order valence-corrected chi connectivity index (χ1v) is 7.57. The van der Waals surface area contributed by atoms with Crippen LogP contribution in [0.2, 0.25) is 0 Å². The van der Waals surface area contributed by atoms with Crippen molar-refractivity contribution in [3.8, 4) is 17.1 Å². The molecule has 4 heteroatoms. The minimum Gasteiger partial charge on any atom is -0.423 e. The van der Waals surface area contributed by atoms with Crippen molar-refractivity contribution >= 4 is 27.8 Å². The van der Waals surface area contributed by atoms with Crippen LogP contribution in [0.5, 0.6) is 5.75 Å². The molecular weight excluding hydrogens is 300 g/mol. The van der Waals surface area contributed by atoms with Crippen LogP contribution in [-0.2, 0) is 4.79 Å². The lowest BCUT2D eigenvalue weighted by Gasteiger charge is -2.09. The fourth-order valence-electron chi connectivity index (χ4n) is 2.72. The number of rotatable bonds is 3. The van der Waals surface area contributed by atoms with E-state index in [0.29, 0.717) is 11.6 Å². The molecule has 24 heavy (non-hydrogen) atoms. The number of carbonyl (C=O) groups is 1. The highest BCUT2D eigenvalue weighted by Crippen LogP contribution is 2.34. The van der Waals surface area contributed by atoms with Gasteiger partial charge in [-0.25, -0.2) is 9.78 Å². The third-order valence-corrected chi connectivity index (χ3v) is 3.87. The quantitative estimate of drug-likeness (QED) is 0.345. The summed E-state index contributed by atoms with van der Waals surface area (Å²) >= 11 is 0. The number of nitrogens with zero attached hydrogens (tertiary/aromatic N) is 1. The number of imidazole rings is 1. The number of ether oxygens (including phenoxy) is 1. The maximum Gasteiger partial charge on any atom is 0.335 e. The number of carbonyl (C=O) groups excluding carboxylic acids is 1. The van der Waals surface area contributed by atoms with Gasteiger partial charge in [-0.05, 0) is 35.0 Å². The van der Waals surface area contributed by atoms with Crippen LogP contribution in [0, 0.1) is 0 Å². The van der Waals surface area contributed by atoms with E-state index in [9.17, 15) is 4.79 Å². The summed E-state index contributed by atoms with van der Waals surface area (Å²) in [6.07, 6.45) is 1.15. The van der Waals surface area contributed by atoms with Gasteiger partial charge in [-0.1, -0.05) is 43.0 Å². The Labute approximate surface area is 138 Å². The Morgan fingerprint density at radius 3 is 2.50 bits per heavy atom. The average Bonchev–Trinajstić information content (AvgIpc) is 3.05. The maximum atomic E-state index is 11.7. The van der Waals surface area contributed by atoms with Crippen LogP contribution in [-0.4, -0.2) is 15.9 Å². The van der Waals surface area contributed by atoms with Gasteiger partial charge in [0.05, 0.1) is 16.6 Å². The lowest BCUT2D eigenvalue weighted by Crippen LogP contribution is -2.04. The molecule has 0 radical (unpaired) electrons. The Morgan fingerprint density at radius 1 is 1.04 bits per heavy atom. The molecule has 1 N–H and O–H groups in total. The summed E-state index contributed by atoms with van der Waals surface area (Å²) in [6.45, 7) is 3.46. The summed E-state index contributed by atoms with van der Waals surface area (Å²) in [7, 11) is 0. The second-order valence-electron chi connectivity index (χ2n) is 5.42. The third-order valence-electron chi connectivity index (χ3n) is 3.87. The molecule has 4 nitrogen and oxygen atoms in total. The zero-order valence-corrected chi connectivity index (χ0v) is 12.8. The number of fused-ring (bicyclic) bond motifs is 2. The summed E-state index contributed by atoms with van der Waals surface area (Å²) in [5, 5.41) is 2.04. The molecule has 1 aromatic heterocycles. The number of hydrogen-bond donors (Lipinski definition) is 1. The summed E-state index contributed by atoms with van der Waals surface area (Å²) in [4.78, 5) is 19.6. The normalized spacial score (nSPS) is 10.8. The Kier molecular flexibility index (Phi) is 3.35. The summed E-state index contributed by atoms with van der Waals surface area (Å²) in [6, 6.07) is 19.5. The van der Waals surface area contributed by atoms with Crippen molar-refractivity contribution in [2.75, 3.05) is 0 Å². The zero-order chi connectivity index (χ0) is 16.5. The molecule has 0 aliphatic rings. The van der Waals surface area contributed by atoms with E-state index < -0.39 is 5.97 Å². The van der Waals surface area contributed by atoms with Gasteiger partial charge in [-0.3, -0.25) is 0 Å². The van der Waals surface area contributed by atoms with Gasteiger partial charge in [0.2, 0.25) is 0 Å². The molecular formula is C20H14N2O2. The van der Waals surface area contributed by atoms with Crippen LogP contribution in [0.3, 0.4) is 0 Å². The van der Waals surface area contributed by atoms with Crippen LogP contribution >= 0.6 is 0 Å². The van der Waals surface area contributed by atoms with Crippen LogP contribution in [0.15, 0.2) is 73.3 Å². The molecule has 0 spiro atoms. The number of aromatic nitrogens is 2. The lowest BCUT2D eigenvalue weighted by atomic mass is 10.1. The van der Waals surface area contributed by atoms with Crippen molar-refractivity contribution in [1.29, 1.82) is 0 Å². The predicted molar refractivity (Wildman–Crippen MR) is 94.9 cm³/mol. The lowest BCUT2D eigenvalue weighted by molar-refractivity contribution is -0.128.